The molecule has 23 heavy (non-hydrogen) atoms. The second-order valence-electron chi connectivity index (χ2n) is 6.95. The van der Waals surface area contributed by atoms with Gasteiger partial charge in [-0.05, 0) is 42.5 Å². The molecule has 0 atom stereocenters. The predicted molar refractivity (Wildman–Crippen MR) is 91.5 cm³/mol. The van der Waals surface area contributed by atoms with Crippen LogP contribution in [-0.4, -0.2) is 31.7 Å². The van der Waals surface area contributed by atoms with Gasteiger partial charge in [0.15, 0.2) is 0 Å². The Morgan fingerprint density at radius 2 is 1.74 bits per heavy atom. The van der Waals surface area contributed by atoms with Crippen molar-refractivity contribution in [1.82, 2.24) is 20.2 Å². The molecule has 5 nitrogen and oxygen atoms in total. The molecular weight excluding hydrogens is 308 g/mol. The fraction of sp³-hybridized carbons (Fsp3) is 0.882. The molecule has 1 aromatic rings. The molecule has 1 aromatic heterocycles. The summed E-state index contributed by atoms with van der Waals surface area (Å²) in [4.78, 5) is 12.2. The predicted octanol–water partition coefficient (Wildman–Crippen LogP) is 4.20. The van der Waals surface area contributed by atoms with Crippen molar-refractivity contribution >= 4 is 17.5 Å². The first-order valence-electron chi connectivity index (χ1n) is 9.28. The number of hydrogen-bond acceptors (Lipinski definition) is 5. The number of rotatable bonds is 7. The Hall–Kier alpha value is -0.910. The second-order valence-corrected chi connectivity index (χ2v) is 8.01. The highest BCUT2D eigenvalue weighted by Crippen LogP contribution is 2.30. The highest BCUT2D eigenvalue weighted by Gasteiger charge is 2.22. The standard InChI is InChI=1S/C17H28N4OS/c22-16(14-8-3-1-4-9-14)12-7-13-23-17-18-19-20-21(17)15-10-5-2-6-11-15/h14-15H,1-13H2. The van der Waals surface area contributed by atoms with E-state index >= 15 is 0 Å². The number of aromatic nitrogens is 4. The SMILES string of the molecule is O=C(CCCSc1nnnn1C1CCCCC1)C1CCCCC1. The molecule has 0 radical (unpaired) electrons. The minimum atomic E-state index is 0.348. The monoisotopic (exact) mass is 336 g/mol. The molecule has 2 aliphatic carbocycles. The summed E-state index contributed by atoms with van der Waals surface area (Å²) in [7, 11) is 0. The highest BCUT2D eigenvalue weighted by molar-refractivity contribution is 7.99. The summed E-state index contributed by atoms with van der Waals surface area (Å²) in [5, 5.41) is 13.2. The number of ketones is 1. The quantitative estimate of drug-likeness (QED) is 0.551. The molecule has 3 rings (SSSR count). The lowest BCUT2D eigenvalue weighted by molar-refractivity contribution is -0.123. The summed E-state index contributed by atoms with van der Waals surface area (Å²) in [5.74, 6) is 1.77. The van der Waals surface area contributed by atoms with E-state index in [1.54, 1.807) is 11.8 Å². The third kappa shape index (κ3) is 4.78. The zero-order valence-electron chi connectivity index (χ0n) is 14.0. The maximum atomic E-state index is 12.2. The molecule has 6 heteroatoms. The average Bonchev–Trinajstić information content (AvgIpc) is 3.08. The molecule has 2 fully saturated rings. The van der Waals surface area contributed by atoms with Crippen LogP contribution in [0.25, 0.3) is 0 Å². The Kier molecular flexibility index (Phi) is 6.48. The molecule has 2 aliphatic rings. The third-order valence-corrected chi connectivity index (χ3v) is 6.26. The largest absolute Gasteiger partial charge is 0.299 e. The molecule has 0 spiro atoms. The van der Waals surface area contributed by atoms with Gasteiger partial charge in [0, 0.05) is 18.1 Å². The molecule has 0 bridgehead atoms. The van der Waals surface area contributed by atoms with Crippen LogP contribution in [-0.2, 0) is 4.79 Å². The molecule has 0 unspecified atom stereocenters. The summed E-state index contributed by atoms with van der Waals surface area (Å²) in [6.45, 7) is 0. The fourth-order valence-electron chi connectivity index (χ4n) is 3.87. The number of carbonyl (C=O) groups excluding carboxylic acids is 1. The van der Waals surface area contributed by atoms with Crippen LogP contribution in [0.15, 0.2) is 5.16 Å². The lowest BCUT2D eigenvalue weighted by atomic mass is 9.85. The number of Topliss-reactive ketones (excluding diaryl/α,β-unsaturated/α-hetero) is 1. The normalized spacial score (nSPS) is 20.7. The van der Waals surface area contributed by atoms with E-state index in [9.17, 15) is 4.79 Å². The first-order valence-corrected chi connectivity index (χ1v) is 10.3. The van der Waals surface area contributed by atoms with Crippen molar-refractivity contribution in [2.75, 3.05) is 5.75 Å². The molecule has 0 amide bonds. The summed E-state index contributed by atoms with van der Waals surface area (Å²) >= 11 is 1.71. The molecule has 2 saturated carbocycles. The number of tetrazole rings is 1. The lowest BCUT2D eigenvalue weighted by Crippen LogP contribution is -2.17. The van der Waals surface area contributed by atoms with E-state index in [1.165, 1.54) is 51.4 Å². The Morgan fingerprint density at radius 3 is 2.48 bits per heavy atom. The minimum absolute atomic E-state index is 0.348. The van der Waals surface area contributed by atoms with Gasteiger partial charge in [0.2, 0.25) is 5.16 Å². The first-order chi connectivity index (χ1) is 11.3. The highest BCUT2D eigenvalue weighted by atomic mass is 32.2. The molecule has 0 aliphatic heterocycles. The maximum Gasteiger partial charge on any atom is 0.209 e. The van der Waals surface area contributed by atoms with Crippen molar-refractivity contribution in [3.05, 3.63) is 0 Å². The number of hydrogen-bond donors (Lipinski definition) is 0. The van der Waals surface area contributed by atoms with Gasteiger partial charge in [-0.15, -0.1) is 5.10 Å². The fourth-order valence-corrected chi connectivity index (χ4v) is 4.76. The summed E-state index contributed by atoms with van der Waals surface area (Å²) < 4.78 is 2.02. The number of thioether (sulfide) groups is 1. The van der Waals surface area contributed by atoms with E-state index in [0.29, 0.717) is 17.7 Å². The van der Waals surface area contributed by atoms with Crippen molar-refractivity contribution in [3.8, 4) is 0 Å². The van der Waals surface area contributed by atoms with Crippen LogP contribution in [0, 0.1) is 5.92 Å². The van der Waals surface area contributed by atoms with Crippen molar-refractivity contribution < 1.29 is 4.79 Å². The van der Waals surface area contributed by atoms with E-state index in [4.69, 9.17) is 0 Å². The molecule has 1 heterocycles. The van der Waals surface area contributed by atoms with Crippen LogP contribution in [0.5, 0.6) is 0 Å². The van der Waals surface area contributed by atoms with Gasteiger partial charge in [0.1, 0.15) is 5.78 Å². The van der Waals surface area contributed by atoms with E-state index in [1.807, 2.05) is 4.68 Å². The topological polar surface area (TPSA) is 60.7 Å². The Labute approximate surface area is 143 Å². The van der Waals surface area contributed by atoms with Gasteiger partial charge in [0.05, 0.1) is 6.04 Å². The van der Waals surface area contributed by atoms with Crippen LogP contribution in [0.3, 0.4) is 0 Å². The van der Waals surface area contributed by atoms with Crippen molar-refractivity contribution in [2.24, 2.45) is 5.92 Å². The van der Waals surface area contributed by atoms with Gasteiger partial charge in [-0.1, -0.05) is 50.3 Å². The van der Waals surface area contributed by atoms with Gasteiger partial charge < -0.3 is 0 Å². The van der Waals surface area contributed by atoms with Gasteiger partial charge >= 0.3 is 0 Å². The third-order valence-electron chi connectivity index (χ3n) is 5.24. The molecule has 0 saturated heterocycles. The van der Waals surface area contributed by atoms with Crippen LogP contribution < -0.4 is 0 Å². The molecular formula is C17H28N4OS. The molecule has 0 aromatic carbocycles. The minimum Gasteiger partial charge on any atom is -0.299 e. The average molecular weight is 337 g/mol. The van der Waals surface area contributed by atoms with Crippen molar-refractivity contribution in [1.29, 1.82) is 0 Å². The van der Waals surface area contributed by atoms with Crippen LogP contribution in [0.4, 0.5) is 0 Å². The summed E-state index contributed by atoms with van der Waals surface area (Å²) in [5.41, 5.74) is 0. The van der Waals surface area contributed by atoms with E-state index < -0.39 is 0 Å². The van der Waals surface area contributed by atoms with Gasteiger partial charge in [-0.2, -0.15) is 0 Å². The van der Waals surface area contributed by atoms with Crippen LogP contribution in [0.1, 0.15) is 83.1 Å². The van der Waals surface area contributed by atoms with Crippen LogP contribution in [0.2, 0.25) is 0 Å². The second kappa shape index (κ2) is 8.81. The van der Waals surface area contributed by atoms with Crippen LogP contribution >= 0.6 is 11.8 Å². The van der Waals surface area contributed by atoms with Crippen molar-refractivity contribution in [3.63, 3.8) is 0 Å². The van der Waals surface area contributed by atoms with Gasteiger partial charge in [-0.25, -0.2) is 4.68 Å². The van der Waals surface area contributed by atoms with E-state index in [2.05, 4.69) is 15.5 Å². The molecule has 128 valence electrons. The lowest BCUT2D eigenvalue weighted by Gasteiger charge is -2.22. The van der Waals surface area contributed by atoms with Crippen molar-refractivity contribution in [2.45, 2.75) is 88.2 Å². The number of nitrogens with zero attached hydrogens (tertiary/aromatic N) is 4. The van der Waals surface area contributed by atoms with E-state index in [0.717, 1.165) is 36.6 Å². The Bertz CT molecular complexity index is 493. The Balaban J connectivity index is 1.40. The van der Waals surface area contributed by atoms with Gasteiger partial charge in [0.25, 0.3) is 0 Å². The maximum absolute atomic E-state index is 12.2. The van der Waals surface area contributed by atoms with E-state index in [-0.39, 0.29) is 0 Å². The zero-order chi connectivity index (χ0) is 15.9. The number of carbonyl (C=O) groups is 1. The zero-order valence-corrected chi connectivity index (χ0v) is 14.8. The first kappa shape index (κ1) is 16.9. The smallest absolute Gasteiger partial charge is 0.209 e. The molecule has 0 N–H and O–H groups in total. The summed E-state index contributed by atoms with van der Waals surface area (Å²) in [6, 6.07) is 0.477. The van der Waals surface area contributed by atoms with Gasteiger partial charge in [-0.3, -0.25) is 4.79 Å². The Morgan fingerprint density at radius 1 is 1.04 bits per heavy atom. The summed E-state index contributed by atoms with van der Waals surface area (Å²) in [6.07, 6.45) is 14.0.